The molecule has 0 aliphatic carbocycles. The van der Waals surface area contributed by atoms with Crippen LogP contribution in [0.2, 0.25) is 25.7 Å². The van der Waals surface area contributed by atoms with Gasteiger partial charge in [-0.15, -0.1) is 0 Å². The molecule has 6 heteroatoms. The molecular formula is C28H38N2O2SSi. The average molecular weight is 495 g/mol. The molecule has 0 spiro atoms. The van der Waals surface area contributed by atoms with Gasteiger partial charge in [0.05, 0.1) is 12.3 Å². The van der Waals surface area contributed by atoms with Crippen molar-refractivity contribution in [3.63, 3.8) is 0 Å². The van der Waals surface area contributed by atoms with Gasteiger partial charge in [-0.1, -0.05) is 67.8 Å². The number of nitrogens with zero attached hydrogens (tertiary/aromatic N) is 2. The van der Waals surface area contributed by atoms with Crippen LogP contribution in [0.25, 0.3) is 22.4 Å². The lowest BCUT2D eigenvalue weighted by Gasteiger charge is -2.19. The second kappa shape index (κ2) is 11.3. The van der Waals surface area contributed by atoms with Crippen LogP contribution in [-0.2, 0) is 22.8 Å². The molecule has 1 aliphatic heterocycles. The predicted molar refractivity (Wildman–Crippen MR) is 146 cm³/mol. The summed E-state index contributed by atoms with van der Waals surface area (Å²) >= 11 is 1.85. The molecule has 4 nitrogen and oxygen atoms in total. The fraction of sp³-hybridized carbons (Fsp3) is 0.429. The van der Waals surface area contributed by atoms with Crippen molar-refractivity contribution in [3.8, 4) is 22.4 Å². The van der Waals surface area contributed by atoms with E-state index in [2.05, 4.69) is 97.8 Å². The molecule has 0 unspecified atom stereocenters. The molecule has 0 fully saturated rings. The number of hydrogen-bond acceptors (Lipinski definition) is 4. The first-order valence-electron chi connectivity index (χ1n) is 12.2. The van der Waals surface area contributed by atoms with Gasteiger partial charge < -0.3 is 18.9 Å². The fourth-order valence-corrected chi connectivity index (χ4v) is 6.06. The van der Waals surface area contributed by atoms with E-state index in [1.807, 2.05) is 11.8 Å². The number of ether oxygens (including phenoxy) is 2. The van der Waals surface area contributed by atoms with Gasteiger partial charge in [0.15, 0.2) is 0 Å². The maximum Gasteiger partial charge on any atom is 0.123 e. The Morgan fingerprint density at radius 3 is 2.24 bits per heavy atom. The van der Waals surface area contributed by atoms with Gasteiger partial charge in [0.2, 0.25) is 0 Å². The molecule has 2 aromatic carbocycles. The second-order valence-corrected chi connectivity index (χ2v) is 17.2. The van der Waals surface area contributed by atoms with Crippen LogP contribution in [0.4, 0.5) is 0 Å². The highest BCUT2D eigenvalue weighted by atomic mass is 32.2. The molecule has 182 valence electrons. The Hall–Kier alpha value is -1.83. The molecule has 0 N–H and O–H groups in total. The van der Waals surface area contributed by atoms with E-state index in [1.165, 1.54) is 43.9 Å². The quantitative estimate of drug-likeness (QED) is 0.165. The normalized spacial score (nSPS) is 12.9. The molecule has 0 radical (unpaired) electrons. The number of rotatable bonds is 11. The Bertz CT molecular complexity index is 1100. The molecule has 0 atom stereocenters. The Labute approximate surface area is 210 Å². The molecule has 0 saturated heterocycles. The third-order valence-corrected chi connectivity index (χ3v) is 8.94. The van der Waals surface area contributed by atoms with Crippen molar-refractivity contribution < 1.29 is 9.47 Å². The lowest BCUT2D eigenvalue weighted by Crippen LogP contribution is -2.22. The first kappa shape index (κ1) is 25.3. The van der Waals surface area contributed by atoms with E-state index in [0.717, 1.165) is 26.2 Å². The molecule has 1 aromatic heterocycles. The van der Waals surface area contributed by atoms with Gasteiger partial charge in [-0.05, 0) is 56.9 Å². The molecule has 1 aliphatic rings. The highest BCUT2D eigenvalue weighted by Crippen LogP contribution is 2.48. The van der Waals surface area contributed by atoms with Crippen LogP contribution in [0.1, 0.15) is 12.1 Å². The monoisotopic (exact) mass is 494 g/mol. The standard InChI is InChI=1S/C28H38N2O2SSi/c1-29(2)15-10-16-31-20-22-19-25-23-11-6-8-13-26(23)33-27-14-9-7-12-24(27)28(25)30(22)21-32-17-18-34(3,4)5/h6-9,11-14,19H,10,15-18,20-21H2,1-5H3. The summed E-state index contributed by atoms with van der Waals surface area (Å²) < 4.78 is 14.8. The third kappa shape index (κ3) is 6.23. The smallest absolute Gasteiger partial charge is 0.123 e. The summed E-state index contributed by atoms with van der Waals surface area (Å²) in [7, 11) is 3.07. The first-order valence-corrected chi connectivity index (χ1v) is 16.7. The predicted octanol–water partition coefficient (Wildman–Crippen LogP) is 7.07. The minimum Gasteiger partial charge on any atom is -0.375 e. The summed E-state index contributed by atoms with van der Waals surface area (Å²) in [5.74, 6) is 0. The van der Waals surface area contributed by atoms with E-state index in [-0.39, 0.29) is 0 Å². The van der Waals surface area contributed by atoms with Crippen LogP contribution < -0.4 is 0 Å². The Morgan fingerprint density at radius 2 is 1.53 bits per heavy atom. The maximum absolute atomic E-state index is 6.29. The van der Waals surface area contributed by atoms with Gasteiger partial charge in [-0.2, -0.15) is 0 Å². The highest BCUT2D eigenvalue weighted by Gasteiger charge is 2.25. The summed E-state index contributed by atoms with van der Waals surface area (Å²) in [5.41, 5.74) is 6.25. The van der Waals surface area contributed by atoms with E-state index < -0.39 is 8.07 Å². The van der Waals surface area contributed by atoms with E-state index in [0.29, 0.717) is 13.3 Å². The zero-order valence-electron chi connectivity index (χ0n) is 21.3. The van der Waals surface area contributed by atoms with Gasteiger partial charge in [-0.3, -0.25) is 0 Å². The molecule has 2 heterocycles. The van der Waals surface area contributed by atoms with E-state index in [1.54, 1.807) is 0 Å². The van der Waals surface area contributed by atoms with Crippen LogP contribution in [0.3, 0.4) is 0 Å². The SMILES string of the molecule is CN(C)CCCOCc1cc2c(n1COCC[Si](C)(C)C)-c1ccccc1Sc1ccccc1-2. The zero-order valence-corrected chi connectivity index (χ0v) is 23.1. The maximum atomic E-state index is 6.29. The number of fused-ring (bicyclic) bond motifs is 5. The minimum atomic E-state index is -1.14. The summed E-state index contributed by atoms with van der Waals surface area (Å²) in [5, 5.41) is 0. The van der Waals surface area contributed by atoms with Crippen molar-refractivity contribution >= 4 is 19.8 Å². The van der Waals surface area contributed by atoms with Crippen LogP contribution in [0, 0.1) is 0 Å². The molecule has 4 rings (SSSR count). The van der Waals surface area contributed by atoms with Crippen LogP contribution in [0.15, 0.2) is 64.4 Å². The summed E-state index contributed by atoms with van der Waals surface area (Å²) in [6.07, 6.45) is 1.03. The lowest BCUT2D eigenvalue weighted by molar-refractivity contribution is 0.0726. The van der Waals surface area contributed by atoms with Crippen LogP contribution >= 0.6 is 11.8 Å². The Balaban J connectivity index is 1.69. The van der Waals surface area contributed by atoms with Gasteiger partial charge in [0, 0.05) is 47.9 Å². The Morgan fingerprint density at radius 1 is 0.853 bits per heavy atom. The topological polar surface area (TPSA) is 26.6 Å². The van der Waals surface area contributed by atoms with Crippen molar-refractivity contribution in [2.75, 3.05) is 33.9 Å². The van der Waals surface area contributed by atoms with Crippen LogP contribution in [0.5, 0.6) is 0 Å². The van der Waals surface area contributed by atoms with Crippen molar-refractivity contribution in [3.05, 3.63) is 60.3 Å². The summed E-state index contributed by atoms with van der Waals surface area (Å²) in [4.78, 5) is 4.78. The molecule has 34 heavy (non-hydrogen) atoms. The average Bonchev–Trinajstić information content (AvgIpc) is 3.07. The van der Waals surface area contributed by atoms with E-state index in [9.17, 15) is 0 Å². The van der Waals surface area contributed by atoms with Crippen molar-refractivity contribution in [1.29, 1.82) is 0 Å². The largest absolute Gasteiger partial charge is 0.375 e. The highest BCUT2D eigenvalue weighted by molar-refractivity contribution is 7.99. The molecular weight excluding hydrogens is 456 g/mol. The third-order valence-electron chi connectivity index (χ3n) is 6.08. The molecule has 0 bridgehead atoms. The van der Waals surface area contributed by atoms with Crippen molar-refractivity contribution in [1.82, 2.24) is 9.47 Å². The fourth-order valence-electron chi connectivity index (χ4n) is 4.21. The van der Waals surface area contributed by atoms with E-state index in [4.69, 9.17) is 9.47 Å². The Kier molecular flexibility index (Phi) is 8.37. The zero-order chi connectivity index (χ0) is 24.1. The molecule has 3 aromatic rings. The number of benzene rings is 2. The lowest BCUT2D eigenvalue weighted by atomic mass is 10.0. The second-order valence-electron chi connectivity index (χ2n) is 10.5. The number of hydrogen-bond donors (Lipinski definition) is 0. The minimum absolute atomic E-state index is 0.553. The van der Waals surface area contributed by atoms with Gasteiger partial charge in [0.1, 0.15) is 6.73 Å². The number of aromatic nitrogens is 1. The summed E-state index contributed by atoms with van der Waals surface area (Å²) in [6.45, 7) is 10.9. The van der Waals surface area contributed by atoms with E-state index >= 15 is 0 Å². The molecule has 0 amide bonds. The van der Waals surface area contributed by atoms with Gasteiger partial charge in [0.25, 0.3) is 0 Å². The van der Waals surface area contributed by atoms with Gasteiger partial charge >= 0.3 is 0 Å². The van der Waals surface area contributed by atoms with Crippen LogP contribution in [-0.4, -0.2) is 51.4 Å². The van der Waals surface area contributed by atoms with Gasteiger partial charge in [-0.25, -0.2) is 0 Å². The first-order chi connectivity index (χ1) is 16.3. The van der Waals surface area contributed by atoms with Crippen molar-refractivity contribution in [2.45, 2.75) is 55.2 Å². The van der Waals surface area contributed by atoms with Crippen molar-refractivity contribution in [2.24, 2.45) is 0 Å². The molecule has 0 saturated carbocycles. The summed E-state index contributed by atoms with van der Waals surface area (Å²) in [6, 6.07) is 21.0.